The fourth-order valence-electron chi connectivity index (χ4n) is 1.42. The molecule has 1 aromatic carbocycles. The van der Waals surface area contributed by atoms with Crippen molar-refractivity contribution in [2.75, 3.05) is 12.3 Å². The van der Waals surface area contributed by atoms with Crippen molar-refractivity contribution in [1.82, 2.24) is 5.32 Å². The van der Waals surface area contributed by atoms with Crippen LogP contribution in [0.2, 0.25) is 0 Å². The van der Waals surface area contributed by atoms with E-state index in [-0.39, 0.29) is 29.6 Å². The van der Waals surface area contributed by atoms with E-state index in [1.807, 2.05) is 0 Å². The Morgan fingerprint density at radius 2 is 1.95 bits per heavy atom. The van der Waals surface area contributed by atoms with Gasteiger partial charge < -0.3 is 10.4 Å². The Morgan fingerprint density at radius 1 is 1.32 bits per heavy atom. The van der Waals surface area contributed by atoms with E-state index >= 15 is 0 Å². The highest BCUT2D eigenvalue weighted by molar-refractivity contribution is 8.00. The van der Waals surface area contributed by atoms with Crippen molar-refractivity contribution in [3.05, 3.63) is 29.8 Å². The smallest absolute Gasteiger partial charge is 0.441 e. The predicted octanol–water partition coefficient (Wildman–Crippen LogP) is 3.23. The van der Waals surface area contributed by atoms with Crippen LogP contribution in [0.1, 0.15) is 17.3 Å². The Morgan fingerprint density at radius 3 is 2.55 bits per heavy atom. The summed E-state index contributed by atoms with van der Waals surface area (Å²) >= 11 is 0.796. The van der Waals surface area contributed by atoms with Crippen LogP contribution >= 0.6 is 23.5 Å². The van der Waals surface area contributed by atoms with Crippen LogP contribution in [-0.2, 0) is 4.79 Å². The van der Waals surface area contributed by atoms with Crippen LogP contribution in [0, 0.1) is 0 Å². The molecule has 2 N–H and O–H groups in total. The zero-order valence-electron chi connectivity index (χ0n) is 11.5. The molecule has 9 heteroatoms. The maximum absolute atomic E-state index is 12.0. The lowest BCUT2D eigenvalue weighted by Crippen LogP contribution is -2.27. The van der Waals surface area contributed by atoms with Gasteiger partial charge in [0, 0.05) is 17.2 Å². The highest BCUT2D eigenvalue weighted by atomic mass is 32.2. The molecule has 1 amide bonds. The molecular formula is C13H14F3NO3S2. The van der Waals surface area contributed by atoms with Gasteiger partial charge in [0.05, 0.1) is 5.56 Å². The minimum atomic E-state index is -4.32. The molecular weight excluding hydrogens is 339 g/mol. The Balaban J connectivity index is 2.63. The number of thioether (sulfide) groups is 2. The van der Waals surface area contributed by atoms with E-state index in [1.54, 1.807) is 18.2 Å². The summed E-state index contributed by atoms with van der Waals surface area (Å²) < 4.78 is 35.9. The Kier molecular flexibility index (Phi) is 7.08. The third-order valence-electron chi connectivity index (χ3n) is 2.44. The molecule has 1 unspecified atom stereocenters. The number of rotatable bonds is 7. The number of benzene rings is 1. The van der Waals surface area contributed by atoms with E-state index in [0.29, 0.717) is 4.90 Å². The van der Waals surface area contributed by atoms with Gasteiger partial charge in [0.2, 0.25) is 0 Å². The topological polar surface area (TPSA) is 66.4 Å². The van der Waals surface area contributed by atoms with Gasteiger partial charge in [-0.15, -0.1) is 11.8 Å². The van der Waals surface area contributed by atoms with Crippen molar-refractivity contribution in [2.24, 2.45) is 0 Å². The quantitative estimate of drug-likeness (QED) is 0.582. The Labute approximate surface area is 133 Å². The Bertz CT molecular complexity index is 538. The molecule has 1 aromatic rings. The number of hydrogen-bond acceptors (Lipinski definition) is 4. The summed E-state index contributed by atoms with van der Waals surface area (Å²) in [5.41, 5.74) is -4.08. The first-order valence-corrected chi connectivity index (χ1v) is 8.04. The summed E-state index contributed by atoms with van der Waals surface area (Å²) in [7, 11) is 0. The number of amides is 1. The second kappa shape index (κ2) is 8.33. The van der Waals surface area contributed by atoms with Gasteiger partial charge >= 0.3 is 11.5 Å². The number of nitrogens with one attached hydrogen (secondary N) is 1. The van der Waals surface area contributed by atoms with Crippen LogP contribution in [0.3, 0.4) is 0 Å². The molecule has 1 rings (SSSR count). The molecule has 0 saturated carbocycles. The normalized spacial score (nSPS) is 12.7. The monoisotopic (exact) mass is 353 g/mol. The largest absolute Gasteiger partial charge is 0.480 e. The van der Waals surface area contributed by atoms with Crippen molar-refractivity contribution < 1.29 is 27.9 Å². The number of carbonyl (C=O) groups excluding carboxylic acids is 1. The fraction of sp³-hybridized carbons (Fsp3) is 0.385. The lowest BCUT2D eigenvalue weighted by molar-refractivity contribution is -0.136. The average molecular weight is 353 g/mol. The van der Waals surface area contributed by atoms with Gasteiger partial charge in [-0.3, -0.25) is 9.59 Å². The molecule has 0 spiro atoms. The minimum absolute atomic E-state index is 0.128. The summed E-state index contributed by atoms with van der Waals surface area (Å²) in [6, 6.07) is 6.37. The molecule has 0 saturated heterocycles. The average Bonchev–Trinajstić information content (AvgIpc) is 2.42. The van der Waals surface area contributed by atoms with Crippen molar-refractivity contribution in [3.8, 4) is 0 Å². The molecule has 0 radical (unpaired) electrons. The summed E-state index contributed by atoms with van der Waals surface area (Å²) in [6.07, 6.45) is 0. The Hall–Kier alpha value is -1.35. The maximum Gasteiger partial charge on any atom is 0.441 e. The third kappa shape index (κ3) is 6.61. The standard InChI is InChI=1S/C13H14F3NO3S2/c1-8(12(19)20)22-10-5-3-2-4-9(10)11(18)17-6-7-21-13(14,15)16/h2-5,8H,6-7H2,1H3,(H,17,18)(H,19,20). The van der Waals surface area contributed by atoms with Crippen molar-refractivity contribution in [3.63, 3.8) is 0 Å². The van der Waals surface area contributed by atoms with E-state index in [0.717, 1.165) is 11.8 Å². The predicted molar refractivity (Wildman–Crippen MR) is 80.2 cm³/mol. The van der Waals surface area contributed by atoms with Crippen LogP contribution in [0.25, 0.3) is 0 Å². The highest BCUT2D eigenvalue weighted by Gasteiger charge is 2.27. The minimum Gasteiger partial charge on any atom is -0.480 e. The number of carboxylic acids is 1. The van der Waals surface area contributed by atoms with Crippen molar-refractivity contribution >= 4 is 35.4 Å². The number of carboxylic acid groups (broad SMARTS) is 1. The van der Waals surface area contributed by atoms with Crippen molar-refractivity contribution in [2.45, 2.75) is 22.6 Å². The van der Waals surface area contributed by atoms with E-state index < -0.39 is 22.6 Å². The zero-order valence-corrected chi connectivity index (χ0v) is 13.1. The van der Waals surface area contributed by atoms with E-state index in [2.05, 4.69) is 5.32 Å². The fourth-order valence-corrected chi connectivity index (χ4v) is 2.79. The molecule has 22 heavy (non-hydrogen) atoms. The van der Waals surface area contributed by atoms with E-state index in [4.69, 9.17) is 5.11 Å². The number of hydrogen-bond donors (Lipinski definition) is 2. The lowest BCUT2D eigenvalue weighted by Gasteiger charge is -2.12. The van der Waals surface area contributed by atoms with Crippen LogP contribution < -0.4 is 5.32 Å². The van der Waals surface area contributed by atoms with Gasteiger partial charge in [-0.05, 0) is 30.8 Å². The van der Waals surface area contributed by atoms with Gasteiger partial charge in [0.15, 0.2) is 0 Å². The van der Waals surface area contributed by atoms with Crippen LogP contribution in [-0.4, -0.2) is 40.0 Å². The molecule has 122 valence electrons. The highest BCUT2D eigenvalue weighted by Crippen LogP contribution is 2.29. The summed E-state index contributed by atoms with van der Waals surface area (Å²) in [5, 5.41) is 10.5. The van der Waals surface area contributed by atoms with Gasteiger partial charge in [-0.1, -0.05) is 12.1 Å². The molecule has 4 nitrogen and oxygen atoms in total. The first kappa shape index (κ1) is 18.7. The van der Waals surface area contributed by atoms with Gasteiger partial charge in [-0.2, -0.15) is 13.2 Å². The van der Waals surface area contributed by atoms with Crippen LogP contribution in [0.4, 0.5) is 13.2 Å². The van der Waals surface area contributed by atoms with Crippen LogP contribution in [0.5, 0.6) is 0 Å². The van der Waals surface area contributed by atoms with E-state index in [1.165, 1.54) is 13.0 Å². The SMILES string of the molecule is CC(Sc1ccccc1C(=O)NCCSC(F)(F)F)C(=O)O. The lowest BCUT2D eigenvalue weighted by atomic mass is 10.2. The summed E-state index contributed by atoms with van der Waals surface area (Å²) in [4.78, 5) is 23.3. The number of halogens is 3. The molecule has 0 aliphatic heterocycles. The molecule has 1 atom stereocenters. The molecule has 0 aromatic heterocycles. The van der Waals surface area contributed by atoms with E-state index in [9.17, 15) is 22.8 Å². The molecule has 0 heterocycles. The van der Waals surface area contributed by atoms with Gasteiger partial charge in [0.25, 0.3) is 5.91 Å². The number of carbonyl (C=O) groups is 2. The first-order chi connectivity index (χ1) is 10.2. The zero-order chi connectivity index (χ0) is 16.8. The molecule has 0 bridgehead atoms. The maximum atomic E-state index is 12.0. The number of alkyl halides is 3. The van der Waals surface area contributed by atoms with Crippen LogP contribution in [0.15, 0.2) is 29.2 Å². The molecule has 0 aliphatic rings. The third-order valence-corrected chi connectivity index (χ3v) is 4.34. The molecule has 0 fully saturated rings. The van der Waals surface area contributed by atoms with Gasteiger partial charge in [-0.25, -0.2) is 0 Å². The summed E-state index contributed by atoms with van der Waals surface area (Å²) in [6.45, 7) is 1.36. The second-order valence-electron chi connectivity index (χ2n) is 4.14. The summed E-state index contributed by atoms with van der Waals surface area (Å²) in [5.74, 6) is -1.82. The van der Waals surface area contributed by atoms with Crippen molar-refractivity contribution in [1.29, 1.82) is 0 Å². The first-order valence-electron chi connectivity index (χ1n) is 6.18. The number of aliphatic carboxylic acids is 1. The second-order valence-corrected chi connectivity index (χ2v) is 6.69. The van der Waals surface area contributed by atoms with Gasteiger partial charge in [0.1, 0.15) is 5.25 Å². The molecule has 0 aliphatic carbocycles.